The van der Waals surface area contributed by atoms with Crippen LogP contribution in [0.15, 0.2) is 59.0 Å². The monoisotopic (exact) mass is 404 g/mol. The van der Waals surface area contributed by atoms with E-state index in [1.807, 2.05) is 0 Å². The van der Waals surface area contributed by atoms with Gasteiger partial charge in [0.1, 0.15) is 23.9 Å². The van der Waals surface area contributed by atoms with E-state index < -0.39 is 11.7 Å². The minimum absolute atomic E-state index is 0.00650. The normalized spacial score (nSPS) is 10.5. The predicted molar refractivity (Wildman–Crippen MR) is 105 cm³/mol. The molecule has 1 aromatic heterocycles. The highest BCUT2D eigenvalue weighted by atomic mass is 35.5. The third-order valence-electron chi connectivity index (χ3n) is 3.65. The molecule has 5 nitrogen and oxygen atoms in total. The van der Waals surface area contributed by atoms with Crippen molar-refractivity contribution in [2.75, 3.05) is 5.32 Å². The highest BCUT2D eigenvalue weighted by molar-refractivity contribution is 7.80. The van der Waals surface area contributed by atoms with E-state index in [0.717, 1.165) is 0 Å². The fourth-order valence-electron chi connectivity index (χ4n) is 2.38. The van der Waals surface area contributed by atoms with E-state index in [9.17, 15) is 9.18 Å². The lowest BCUT2D eigenvalue weighted by molar-refractivity contribution is 0.0974. The fraction of sp³-hybridized carbons (Fsp3) is 0.0526. The smallest absolute Gasteiger partial charge is 0.260 e. The number of anilines is 1. The molecule has 0 atom stereocenters. The number of hydrogen-bond donors (Lipinski definition) is 3. The predicted octanol–water partition coefficient (Wildman–Crippen LogP) is 4.36. The van der Waals surface area contributed by atoms with Gasteiger partial charge < -0.3 is 14.8 Å². The lowest BCUT2D eigenvalue weighted by Gasteiger charge is -2.11. The van der Waals surface area contributed by atoms with Crippen molar-refractivity contribution in [3.63, 3.8) is 0 Å². The zero-order chi connectivity index (χ0) is 19.4. The summed E-state index contributed by atoms with van der Waals surface area (Å²) < 4.78 is 19.2. The molecule has 3 aromatic rings. The van der Waals surface area contributed by atoms with E-state index in [-0.39, 0.29) is 17.3 Å². The summed E-state index contributed by atoms with van der Waals surface area (Å²) in [5.41, 5.74) is 1.03. The topological polar surface area (TPSA) is 74.5 Å². The second kappa shape index (κ2) is 8.30. The van der Waals surface area contributed by atoms with Crippen molar-refractivity contribution in [3.8, 4) is 11.3 Å². The van der Waals surface area contributed by atoms with Crippen LogP contribution in [0.5, 0.6) is 0 Å². The average Bonchev–Trinajstić information content (AvgIpc) is 3.12. The summed E-state index contributed by atoms with van der Waals surface area (Å²) in [6.45, 7) is -0.221. The first-order valence-electron chi connectivity index (χ1n) is 7.84. The van der Waals surface area contributed by atoms with Crippen LogP contribution in [0.1, 0.15) is 16.1 Å². The molecule has 0 aliphatic carbocycles. The number of carbonyl (C=O) groups is 1. The minimum atomic E-state index is -0.654. The maximum Gasteiger partial charge on any atom is 0.260 e. The average molecular weight is 405 g/mol. The molecule has 0 radical (unpaired) electrons. The summed E-state index contributed by atoms with van der Waals surface area (Å²) >= 11 is 11.3. The van der Waals surface area contributed by atoms with E-state index in [2.05, 4.69) is 10.6 Å². The van der Waals surface area contributed by atoms with Crippen molar-refractivity contribution in [2.45, 2.75) is 6.61 Å². The van der Waals surface area contributed by atoms with Gasteiger partial charge in [-0.3, -0.25) is 10.1 Å². The van der Waals surface area contributed by atoms with Crippen molar-refractivity contribution >= 4 is 40.5 Å². The number of halogens is 2. The van der Waals surface area contributed by atoms with E-state index in [0.29, 0.717) is 27.8 Å². The zero-order valence-electron chi connectivity index (χ0n) is 13.8. The molecular formula is C19H14ClFN2O3S. The van der Waals surface area contributed by atoms with Crippen molar-refractivity contribution in [1.82, 2.24) is 5.32 Å². The Labute approximate surface area is 164 Å². The Kier molecular flexibility index (Phi) is 5.85. The van der Waals surface area contributed by atoms with Gasteiger partial charge in [-0.05, 0) is 54.7 Å². The third-order valence-corrected chi connectivity index (χ3v) is 4.19. The first-order chi connectivity index (χ1) is 13.0. The van der Waals surface area contributed by atoms with Crippen molar-refractivity contribution in [3.05, 3.63) is 76.8 Å². The van der Waals surface area contributed by atoms with Crippen LogP contribution in [0.4, 0.5) is 10.1 Å². The van der Waals surface area contributed by atoms with E-state index in [4.69, 9.17) is 33.3 Å². The quantitative estimate of drug-likeness (QED) is 0.563. The van der Waals surface area contributed by atoms with Crippen LogP contribution in [0.25, 0.3) is 11.3 Å². The number of amides is 1. The Morgan fingerprint density at radius 3 is 2.67 bits per heavy atom. The molecule has 3 rings (SSSR count). The summed E-state index contributed by atoms with van der Waals surface area (Å²) in [4.78, 5) is 12.1. The first kappa shape index (κ1) is 19.0. The number of benzene rings is 2. The van der Waals surface area contributed by atoms with Gasteiger partial charge in [-0.2, -0.15) is 0 Å². The van der Waals surface area contributed by atoms with Gasteiger partial charge in [0.05, 0.1) is 10.6 Å². The van der Waals surface area contributed by atoms with Crippen LogP contribution in [-0.4, -0.2) is 16.1 Å². The van der Waals surface area contributed by atoms with Gasteiger partial charge in [0.25, 0.3) is 5.91 Å². The van der Waals surface area contributed by atoms with Crippen molar-refractivity contribution in [1.29, 1.82) is 0 Å². The van der Waals surface area contributed by atoms with Gasteiger partial charge in [-0.15, -0.1) is 0 Å². The standard InChI is InChI=1S/C19H14ClFN2O3S/c20-15-7-5-11(9-14(15)17-8-6-12(10-24)26-17)22-19(27)23-18(25)13-3-1-2-4-16(13)21/h1-9,24H,10H2,(H2,22,23,25,27). The van der Waals surface area contributed by atoms with E-state index in [1.54, 1.807) is 36.4 Å². The van der Waals surface area contributed by atoms with Crippen LogP contribution < -0.4 is 10.6 Å². The Morgan fingerprint density at radius 1 is 1.19 bits per heavy atom. The van der Waals surface area contributed by atoms with Gasteiger partial charge in [0.2, 0.25) is 0 Å². The molecule has 0 fully saturated rings. The molecule has 0 saturated heterocycles. The highest BCUT2D eigenvalue weighted by Gasteiger charge is 2.14. The molecule has 0 aliphatic rings. The molecule has 1 amide bonds. The Balaban J connectivity index is 1.74. The lowest BCUT2D eigenvalue weighted by Crippen LogP contribution is -2.34. The van der Waals surface area contributed by atoms with Crippen molar-refractivity contribution < 1.29 is 18.7 Å². The molecule has 8 heteroatoms. The number of aliphatic hydroxyl groups excluding tert-OH is 1. The first-order valence-corrected chi connectivity index (χ1v) is 8.63. The lowest BCUT2D eigenvalue weighted by atomic mass is 10.1. The van der Waals surface area contributed by atoms with Gasteiger partial charge in [-0.25, -0.2) is 4.39 Å². The molecule has 27 heavy (non-hydrogen) atoms. The second-order valence-electron chi connectivity index (χ2n) is 5.51. The van der Waals surface area contributed by atoms with Crippen LogP contribution in [-0.2, 0) is 6.61 Å². The molecule has 138 valence electrons. The molecule has 0 saturated carbocycles. The van der Waals surface area contributed by atoms with Gasteiger partial charge in [0, 0.05) is 11.3 Å². The number of carbonyl (C=O) groups excluding carboxylic acids is 1. The molecule has 3 N–H and O–H groups in total. The van der Waals surface area contributed by atoms with Gasteiger partial charge in [0.15, 0.2) is 5.11 Å². The maximum absolute atomic E-state index is 13.7. The number of nitrogens with one attached hydrogen (secondary N) is 2. The summed E-state index contributed by atoms with van der Waals surface area (Å²) in [5, 5.41) is 14.8. The van der Waals surface area contributed by atoms with Crippen LogP contribution in [0.3, 0.4) is 0 Å². The second-order valence-corrected chi connectivity index (χ2v) is 6.32. The summed E-state index contributed by atoms with van der Waals surface area (Å²) in [5.74, 6) is -0.399. The number of furan rings is 1. The Morgan fingerprint density at radius 2 is 1.96 bits per heavy atom. The SMILES string of the molecule is O=C(NC(=S)Nc1ccc(Cl)c(-c2ccc(CO)o2)c1)c1ccccc1F. The number of aliphatic hydroxyl groups is 1. The Hall–Kier alpha value is -2.74. The summed E-state index contributed by atoms with van der Waals surface area (Å²) in [6.07, 6.45) is 0. The molecule has 1 heterocycles. The zero-order valence-corrected chi connectivity index (χ0v) is 15.4. The number of rotatable bonds is 4. The maximum atomic E-state index is 13.7. The van der Waals surface area contributed by atoms with E-state index >= 15 is 0 Å². The minimum Gasteiger partial charge on any atom is -0.459 e. The van der Waals surface area contributed by atoms with Crippen molar-refractivity contribution in [2.24, 2.45) is 0 Å². The fourth-order valence-corrected chi connectivity index (χ4v) is 2.80. The third kappa shape index (κ3) is 4.51. The largest absolute Gasteiger partial charge is 0.459 e. The number of hydrogen-bond acceptors (Lipinski definition) is 4. The molecule has 0 spiro atoms. The molecular weight excluding hydrogens is 391 g/mol. The summed E-state index contributed by atoms with van der Waals surface area (Å²) in [7, 11) is 0. The molecule has 0 bridgehead atoms. The summed E-state index contributed by atoms with van der Waals surface area (Å²) in [6, 6.07) is 13.9. The number of thiocarbonyl (C=S) groups is 1. The van der Waals surface area contributed by atoms with Crippen LogP contribution in [0, 0.1) is 5.82 Å². The van der Waals surface area contributed by atoms with E-state index in [1.165, 1.54) is 18.2 Å². The highest BCUT2D eigenvalue weighted by Crippen LogP contribution is 2.32. The molecule has 0 aliphatic heterocycles. The van der Waals surface area contributed by atoms with Gasteiger partial charge in [-0.1, -0.05) is 23.7 Å². The van der Waals surface area contributed by atoms with Gasteiger partial charge >= 0.3 is 0 Å². The van der Waals surface area contributed by atoms with Crippen LogP contribution >= 0.6 is 23.8 Å². The van der Waals surface area contributed by atoms with Crippen LogP contribution in [0.2, 0.25) is 5.02 Å². The Bertz CT molecular complexity index is 1010. The molecule has 0 unspecified atom stereocenters. The molecule has 2 aromatic carbocycles.